The fraction of sp³-hybridized carbons (Fsp3) is 0.538. The lowest BCUT2D eigenvalue weighted by atomic mass is 9.79. The van der Waals surface area contributed by atoms with Crippen molar-refractivity contribution in [3.05, 3.63) is 17.8 Å². The Labute approximate surface area is 114 Å². The van der Waals surface area contributed by atoms with Crippen molar-refractivity contribution in [3.63, 3.8) is 0 Å². The van der Waals surface area contributed by atoms with E-state index in [-0.39, 0.29) is 0 Å². The maximum absolute atomic E-state index is 9.11. The monoisotopic (exact) mass is 259 g/mol. The number of hydrogen-bond donors (Lipinski definition) is 1. The van der Waals surface area contributed by atoms with Gasteiger partial charge in [0, 0.05) is 18.7 Å². The van der Waals surface area contributed by atoms with Crippen LogP contribution in [0, 0.1) is 11.3 Å². The van der Waals surface area contributed by atoms with Gasteiger partial charge >= 0.3 is 7.12 Å². The van der Waals surface area contributed by atoms with Gasteiger partial charge in [-0.3, -0.25) is 0 Å². The van der Waals surface area contributed by atoms with Crippen molar-refractivity contribution in [1.82, 2.24) is 4.98 Å². The Morgan fingerprint density at radius 3 is 2.32 bits per heavy atom. The number of nitrogens with zero attached hydrogens (tertiary/aromatic N) is 2. The first-order valence-corrected chi connectivity index (χ1v) is 6.24. The van der Waals surface area contributed by atoms with Gasteiger partial charge in [0.2, 0.25) is 0 Å². The van der Waals surface area contributed by atoms with Gasteiger partial charge in [-0.2, -0.15) is 5.26 Å². The summed E-state index contributed by atoms with van der Waals surface area (Å²) in [4.78, 5) is 4.21. The molecule has 19 heavy (non-hydrogen) atoms. The molecular weight excluding hydrogens is 241 g/mol. The van der Waals surface area contributed by atoms with Crippen molar-refractivity contribution in [1.29, 1.82) is 5.26 Å². The zero-order valence-corrected chi connectivity index (χ0v) is 11.9. The first kappa shape index (κ1) is 13.8. The Morgan fingerprint density at radius 1 is 1.26 bits per heavy atom. The van der Waals surface area contributed by atoms with Gasteiger partial charge in [-0.1, -0.05) is 0 Å². The zero-order chi connectivity index (χ0) is 14.3. The molecule has 100 valence electrons. The van der Waals surface area contributed by atoms with Gasteiger partial charge in [0.05, 0.1) is 16.8 Å². The third-order valence-electron chi connectivity index (χ3n) is 3.79. The first-order chi connectivity index (χ1) is 8.80. The highest BCUT2D eigenvalue weighted by Gasteiger charge is 2.51. The molecule has 0 aliphatic carbocycles. The zero-order valence-electron chi connectivity index (χ0n) is 11.9. The molecule has 1 fully saturated rings. The molecule has 0 unspecified atom stereocenters. The standard InChI is InChI=1S/C13H18BN3O2/c1-12(2)13(3,4)19-14(18-12)10-6-9(7-15)11(16-5)17-8-10/h6,8H,1-5H3,(H,16,17). The van der Waals surface area contributed by atoms with E-state index in [9.17, 15) is 0 Å². The summed E-state index contributed by atoms with van der Waals surface area (Å²) in [5.74, 6) is 0.558. The van der Waals surface area contributed by atoms with Crippen LogP contribution >= 0.6 is 0 Å². The molecule has 2 rings (SSSR count). The molecular formula is C13H18BN3O2. The van der Waals surface area contributed by atoms with Crippen LogP contribution in [0.15, 0.2) is 12.3 Å². The lowest BCUT2D eigenvalue weighted by molar-refractivity contribution is 0.00578. The molecule has 5 nitrogen and oxygen atoms in total. The molecule has 0 saturated carbocycles. The van der Waals surface area contributed by atoms with Gasteiger partial charge in [0.25, 0.3) is 0 Å². The van der Waals surface area contributed by atoms with E-state index < -0.39 is 18.3 Å². The molecule has 1 aromatic rings. The van der Waals surface area contributed by atoms with Crippen LogP contribution in [0.5, 0.6) is 0 Å². The van der Waals surface area contributed by atoms with Crippen LogP contribution in [0.3, 0.4) is 0 Å². The quantitative estimate of drug-likeness (QED) is 0.810. The Bertz CT molecular complexity index is 521. The number of hydrogen-bond acceptors (Lipinski definition) is 5. The van der Waals surface area contributed by atoms with E-state index in [4.69, 9.17) is 14.6 Å². The SMILES string of the molecule is CNc1ncc(B2OC(C)(C)C(C)(C)O2)cc1C#N. The van der Waals surface area contributed by atoms with E-state index in [2.05, 4.69) is 16.4 Å². The molecule has 0 atom stereocenters. The molecule has 2 heterocycles. The van der Waals surface area contributed by atoms with E-state index in [1.807, 2.05) is 27.7 Å². The molecule has 0 radical (unpaired) electrons. The highest BCUT2D eigenvalue weighted by Crippen LogP contribution is 2.36. The fourth-order valence-corrected chi connectivity index (χ4v) is 1.87. The lowest BCUT2D eigenvalue weighted by Crippen LogP contribution is -2.41. The summed E-state index contributed by atoms with van der Waals surface area (Å²) >= 11 is 0. The minimum atomic E-state index is -0.490. The Kier molecular flexibility index (Phi) is 3.29. The average Bonchev–Trinajstić information content (AvgIpc) is 2.57. The average molecular weight is 259 g/mol. The van der Waals surface area contributed by atoms with Gasteiger partial charge in [0.1, 0.15) is 11.9 Å². The summed E-state index contributed by atoms with van der Waals surface area (Å²) in [6.45, 7) is 7.97. The smallest absolute Gasteiger partial charge is 0.399 e. The molecule has 1 aliphatic rings. The summed E-state index contributed by atoms with van der Waals surface area (Å²) in [5.41, 5.74) is 0.446. The summed E-state index contributed by atoms with van der Waals surface area (Å²) in [6.07, 6.45) is 1.68. The predicted molar refractivity (Wildman–Crippen MR) is 74.2 cm³/mol. The van der Waals surface area contributed by atoms with Crippen LogP contribution in [0.25, 0.3) is 0 Å². The third-order valence-corrected chi connectivity index (χ3v) is 3.79. The largest absolute Gasteiger partial charge is 0.496 e. The van der Waals surface area contributed by atoms with Crippen molar-refractivity contribution < 1.29 is 9.31 Å². The summed E-state index contributed by atoms with van der Waals surface area (Å²) < 4.78 is 11.9. The van der Waals surface area contributed by atoms with Crippen molar-refractivity contribution >= 4 is 18.4 Å². The van der Waals surface area contributed by atoms with E-state index in [1.54, 1.807) is 19.3 Å². The third kappa shape index (κ3) is 2.31. The highest BCUT2D eigenvalue weighted by atomic mass is 16.7. The van der Waals surface area contributed by atoms with Gasteiger partial charge < -0.3 is 14.6 Å². The predicted octanol–water partition coefficient (Wildman–Crippen LogP) is 1.29. The molecule has 1 aliphatic heterocycles. The maximum atomic E-state index is 9.11. The van der Waals surface area contributed by atoms with Crippen molar-refractivity contribution in [3.8, 4) is 6.07 Å². The normalized spacial score (nSPS) is 20.1. The number of pyridine rings is 1. The van der Waals surface area contributed by atoms with Crippen molar-refractivity contribution in [2.45, 2.75) is 38.9 Å². The summed E-state index contributed by atoms with van der Waals surface area (Å²) in [6, 6.07) is 3.87. The maximum Gasteiger partial charge on any atom is 0.496 e. The minimum Gasteiger partial charge on any atom is -0.399 e. The number of anilines is 1. The van der Waals surface area contributed by atoms with Crippen LogP contribution < -0.4 is 10.8 Å². The molecule has 1 saturated heterocycles. The van der Waals surface area contributed by atoms with Crippen LogP contribution in [0.2, 0.25) is 0 Å². The van der Waals surface area contributed by atoms with Crippen molar-refractivity contribution in [2.75, 3.05) is 12.4 Å². The molecule has 6 heteroatoms. The molecule has 1 N–H and O–H groups in total. The second-order valence-electron chi connectivity index (χ2n) is 5.61. The number of nitriles is 1. The van der Waals surface area contributed by atoms with Gasteiger partial charge in [-0.25, -0.2) is 4.98 Å². The van der Waals surface area contributed by atoms with Crippen molar-refractivity contribution in [2.24, 2.45) is 0 Å². The van der Waals surface area contributed by atoms with Crippen LogP contribution in [-0.4, -0.2) is 30.4 Å². The highest BCUT2D eigenvalue weighted by molar-refractivity contribution is 6.62. The Hall–Kier alpha value is -1.58. The van der Waals surface area contributed by atoms with Gasteiger partial charge in [-0.05, 0) is 33.8 Å². The molecule has 0 aromatic carbocycles. The second kappa shape index (κ2) is 4.51. The van der Waals surface area contributed by atoms with Crippen LogP contribution in [0.1, 0.15) is 33.3 Å². The lowest BCUT2D eigenvalue weighted by Gasteiger charge is -2.32. The topological polar surface area (TPSA) is 67.2 Å². The molecule has 1 aromatic heterocycles. The minimum absolute atomic E-state index is 0.397. The molecule has 0 bridgehead atoms. The number of rotatable bonds is 2. The van der Waals surface area contributed by atoms with E-state index in [0.717, 1.165) is 5.46 Å². The van der Waals surface area contributed by atoms with E-state index in [1.165, 1.54) is 0 Å². The summed E-state index contributed by atoms with van der Waals surface area (Å²) in [5, 5.41) is 12.0. The Balaban J connectivity index is 2.33. The molecule has 0 amide bonds. The van der Waals surface area contributed by atoms with Crippen LogP contribution in [-0.2, 0) is 9.31 Å². The van der Waals surface area contributed by atoms with Gasteiger partial charge in [-0.15, -0.1) is 0 Å². The molecule has 0 spiro atoms. The van der Waals surface area contributed by atoms with Crippen LogP contribution in [0.4, 0.5) is 5.82 Å². The van der Waals surface area contributed by atoms with E-state index in [0.29, 0.717) is 11.4 Å². The van der Waals surface area contributed by atoms with E-state index >= 15 is 0 Å². The number of aromatic nitrogens is 1. The Morgan fingerprint density at radius 2 is 1.84 bits per heavy atom. The first-order valence-electron chi connectivity index (χ1n) is 6.24. The second-order valence-corrected chi connectivity index (χ2v) is 5.61. The summed E-state index contributed by atoms with van der Waals surface area (Å²) in [7, 11) is 1.24. The number of nitrogens with one attached hydrogen (secondary N) is 1. The fourth-order valence-electron chi connectivity index (χ4n) is 1.87. The van der Waals surface area contributed by atoms with Gasteiger partial charge in [0.15, 0.2) is 0 Å².